The van der Waals surface area contributed by atoms with Crippen molar-refractivity contribution in [3.63, 3.8) is 0 Å². The standard InChI is InChI=1S/C24H29F3N2O5/c1-32-19-13-33-5-3-15(19)6-14-7-20-23(9-14,10-21(30)34-20)22(31)29-4-2-18-16(12-29)8-17(11-28-18)24(25,26)27/h8,11,14-15,19-20H,2-7,9-10,12-13H2,1H3/t14-,15?,19?,20-,23+/m1/s1. The maximum Gasteiger partial charge on any atom is 0.417 e. The first kappa shape index (κ1) is 23.5. The molecule has 1 aromatic rings. The van der Waals surface area contributed by atoms with E-state index in [0.717, 1.165) is 25.1 Å². The molecule has 7 nitrogen and oxygen atoms in total. The molecular formula is C24H29F3N2O5. The van der Waals surface area contributed by atoms with E-state index in [4.69, 9.17) is 14.2 Å². The molecule has 5 rings (SSSR count). The first-order valence-corrected chi connectivity index (χ1v) is 11.8. The lowest BCUT2D eigenvalue weighted by Gasteiger charge is -2.36. The highest BCUT2D eigenvalue weighted by atomic mass is 19.4. The SMILES string of the molecule is COC1COCCC1C[C@@H]1C[C@H]2OC(=O)C[C@@]2(C(=O)N2CCc3ncc(C(F)(F)F)cc3C2)C1. The molecule has 0 bridgehead atoms. The average Bonchev–Trinajstić information content (AvgIpc) is 3.30. The molecule has 3 fully saturated rings. The Bertz CT molecular complexity index is 970. The van der Waals surface area contributed by atoms with Crippen LogP contribution in [0.25, 0.3) is 0 Å². The Morgan fingerprint density at radius 3 is 2.97 bits per heavy atom. The van der Waals surface area contributed by atoms with Crippen molar-refractivity contribution >= 4 is 11.9 Å². The van der Waals surface area contributed by atoms with E-state index in [1.54, 1.807) is 12.0 Å². The van der Waals surface area contributed by atoms with Gasteiger partial charge in [0.25, 0.3) is 0 Å². The predicted molar refractivity (Wildman–Crippen MR) is 112 cm³/mol. The van der Waals surface area contributed by atoms with Crippen molar-refractivity contribution in [3.8, 4) is 0 Å². The number of fused-ring (bicyclic) bond motifs is 2. The Hall–Kier alpha value is -2.20. The smallest absolute Gasteiger partial charge is 0.417 e. The van der Waals surface area contributed by atoms with Crippen LogP contribution in [0, 0.1) is 17.3 Å². The van der Waals surface area contributed by atoms with E-state index in [1.807, 2.05) is 0 Å². The van der Waals surface area contributed by atoms with Crippen LogP contribution >= 0.6 is 0 Å². The van der Waals surface area contributed by atoms with Crippen LogP contribution in [0.2, 0.25) is 0 Å². The summed E-state index contributed by atoms with van der Waals surface area (Å²) in [6.07, 6.45) is -0.794. The number of rotatable bonds is 4. The summed E-state index contributed by atoms with van der Waals surface area (Å²) in [6.45, 7) is 1.66. The van der Waals surface area contributed by atoms with Gasteiger partial charge < -0.3 is 19.1 Å². The van der Waals surface area contributed by atoms with Gasteiger partial charge in [-0.1, -0.05) is 0 Å². The van der Waals surface area contributed by atoms with Gasteiger partial charge in [-0.2, -0.15) is 13.2 Å². The van der Waals surface area contributed by atoms with Gasteiger partial charge in [0, 0.05) is 45.1 Å². The predicted octanol–water partition coefficient (Wildman–Crippen LogP) is 3.14. The molecule has 10 heteroatoms. The summed E-state index contributed by atoms with van der Waals surface area (Å²) in [5, 5.41) is 0. The number of esters is 1. The number of hydrogen-bond acceptors (Lipinski definition) is 6. The molecule has 0 radical (unpaired) electrons. The minimum atomic E-state index is -4.49. The maximum absolute atomic E-state index is 13.8. The lowest BCUT2D eigenvalue weighted by atomic mass is 9.78. The number of ether oxygens (including phenoxy) is 3. The number of carbonyl (C=O) groups is 2. The minimum Gasteiger partial charge on any atom is -0.461 e. The highest BCUT2D eigenvalue weighted by molar-refractivity contribution is 5.91. The molecule has 0 spiro atoms. The largest absolute Gasteiger partial charge is 0.461 e. The van der Waals surface area contributed by atoms with Gasteiger partial charge in [0.1, 0.15) is 6.10 Å². The monoisotopic (exact) mass is 482 g/mol. The lowest BCUT2D eigenvalue weighted by molar-refractivity contribution is -0.145. The zero-order valence-corrected chi connectivity index (χ0v) is 19.1. The molecule has 0 aromatic carbocycles. The Kier molecular flexibility index (Phi) is 6.08. The Labute approximate surface area is 195 Å². The normalized spacial score (nSPS) is 33.4. The molecule has 1 saturated carbocycles. The molecule has 1 aromatic heterocycles. The zero-order chi connectivity index (χ0) is 24.1. The topological polar surface area (TPSA) is 78.0 Å². The van der Waals surface area contributed by atoms with Gasteiger partial charge in [-0.25, -0.2) is 0 Å². The Balaban J connectivity index is 1.33. The van der Waals surface area contributed by atoms with Crippen LogP contribution in [0.4, 0.5) is 13.2 Å². The summed E-state index contributed by atoms with van der Waals surface area (Å²) >= 11 is 0. The third kappa shape index (κ3) is 4.19. The maximum atomic E-state index is 13.8. The van der Waals surface area contributed by atoms with Crippen molar-refractivity contribution in [2.75, 3.05) is 26.9 Å². The Morgan fingerprint density at radius 2 is 2.21 bits per heavy atom. The minimum absolute atomic E-state index is 0.0114. The number of aromatic nitrogens is 1. The molecule has 2 unspecified atom stereocenters. The number of methoxy groups -OCH3 is 1. The van der Waals surface area contributed by atoms with Crippen LogP contribution in [0.3, 0.4) is 0 Å². The van der Waals surface area contributed by atoms with Crippen LogP contribution in [-0.4, -0.2) is 60.8 Å². The number of amides is 1. The van der Waals surface area contributed by atoms with E-state index in [0.29, 0.717) is 56.2 Å². The fourth-order valence-corrected chi connectivity index (χ4v) is 6.33. The highest BCUT2D eigenvalue weighted by Gasteiger charge is 2.61. The van der Waals surface area contributed by atoms with Gasteiger partial charge in [0.15, 0.2) is 0 Å². The van der Waals surface area contributed by atoms with E-state index in [1.165, 1.54) is 0 Å². The number of pyridine rings is 1. The first-order valence-electron chi connectivity index (χ1n) is 11.8. The number of hydrogen-bond donors (Lipinski definition) is 0. The number of alkyl halides is 3. The van der Waals surface area contributed by atoms with Gasteiger partial charge in [-0.3, -0.25) is 14.6 Å². The van der Waals surface area contributed by atoms with E-state index < -0.39 is 23.3 Å². The molecule has 1 aliphatic carbocycles. The second-order valence-corrected chi connectivity index (χ2v) is 10.1. The van der Waals surface area contributed by atoms with Crippen LogP contribution in [-0.2, 0) is 42.9 Å². The fraction of sp³-hybridized carbons (Fsp3) is 0.708. The molecule has 34 heavy (non-hydrogen) atoms. The lowest BCUT2D eigenvalue weighted by Crippen LogP contribution is -2.48. The third-order valence-electron chi connectivity index (χ3n) is 8.01. The van der Waals surface area contributed by atoms with Gasteiger partial charge >= 0.3 is 12.1 Å². The molecule has 4 heterocycles. The Morgan fingerprint density at radius 1 is 1.38 bits per heavy atom. The van der Waals surface area contributed by atoms with E-state index in [9.17, 15) is 22.8 Å². The summed E-state index contributed by atoms with van der Waals surface area (Å²) in [5.74, 6) is -0.0437. The van der Waals surface area contributed by atoms with E-state index >= 15 is 0 Å². The number of nitrogens with zero attached hydrogens (tertiary/aromatic N) is 2. The zero-order valence-electron chi connectivity index (χ0n) is 19.1. The van der Waals surface area contributed by atoms with Crippen molar-refractivity contribution in [1.82, 2.24) is 9.88 Å². The number of carbonyl (C=O) groups excluding carboxylic acids is 2. The summed E-state index contributed by atoms with van der Waals surface area (Å²) in [5.41, 5.74) is -0.769. The summed E-state index contributed by atoms with van der Waals surface area (Å²) in [7, 11) is 1.68. The van der Waals surface area contributed by atoms with Crippen LogP contribution in [0.5, 0.6) is 0 Å². The van der Waals surface area contributed by atoms with Gasteiger partial charge in [-0.05, 0) is 49.1 Å². The molecule has 186 valence electrons. The summed E-state index contributed by atoms with van der Waals surface area (Å²) < 4.78 is 56.2. The molecule has 1 amide bonds. The van der Waals surface area contributed by atoms with Crippen LogP contribution in [0.15, 0.2) is 12.3 Å². The molecule has 2 saturated heterocycles. The van der Waals surface area contributed by atoms with Crippen molar-refractivity contribution in [2.45, 2.75) is 63.5 Å². The highest BCUT2D eigenvalue weighted by Crippen LogP contribution is 2.54. The molecule has 5 atom stereocenters. The molecular weight excluding hydrogens is 453 g/mol. The molecule has 0 N–H and O–H groups in total. The van der Waals surface area contributed by atoms with E-state index in [-0.39, 0.29) is 36.9 Å². The second kappa shape index (κ2) is 8.78. The summed E-state index contributed by atoms with van der Waals surface area (Å²) in [4.78, 5) is 31.6. The van der Waals surface area contributed by atoms with Gasteiger partial charge in [-0.15, -0.1) is 0 Å². The first-order chi connectivity index (χ1) is 16.2. The quantitative estimate of drug-likeness (QED) is 0.614. The van der Waals surface area contributed by atoms with Crippen molar-refractivity contribution in [1.29, 1.82) is 0 Å². The van der Waals surface area contributed by atoms with Gasteiger partial charge in [0.05, 0.1) is 30.1 Å². The average molecular weight is 482 g/mol. The van der Waals surface area contributed by atoms with Crippen molar-refractivity contribution < 1.29 is 37.0 Å². The van der Waals surface area contributed by atoms with Crippen molar-refractivity contribution in [3.05, 3.63) is 29.1 Å². The van der Waals surface area contributed by atoms with Crippen LogP contribution < -0.4 is 0 Å². The second-order valence-electron chi connectivity index (χ2n) is 10.1. The van der Waals surface area contributed by atoms with Crippen LogP contribution in [0.1, 0.15) is 48.9 Å². The van der Waals surface area contributed by atoms with E-state index in [2.05, 4.69) is 4.98 Å². The number of halogens is 3. The van der Waals surface area contributed by atoms with Gasteiger partial charge in [0.2, 0.25) is 5.91 Å². The third-order valence-corrected chi connectivity index (χ3v) is 8.01. The molecule has 4 aliphatic rings. The molecule has 3 aliphatic heterocycles. The fourth-order valence-electron chi connectivity index (χ4n) is 6.33. The van der Waals surface area contributed by atoms with Crippen molar-refractivity contribution in [2.24, 2.45) is 17.3 Å². The summed E-state index contributed by atoms with van der Waals surface area (Å²) in [6, 6.07) is 1.08.